The summed E-state index contributed by atoms with van der Waals surface area (Å²) in [6.07, 6.45) is 27.2. The van der Waals surface area contributed by atoms with Crippen LogP contribution in [-0.2, 0) is 39.4 Å². The van der Waals surface area contributed by atoms with Crippen molar-refractivity contribution < 1.29 is 65.2 Å². The molecule has 20 heteroatoms. The van der Waals surface area contributed by atoms with Crippen LogP contribution >= 0.6 is 0 Å². The van der Waals surface area contributed by atoms with Gasteiger partial charge < -0.3 is 31.7 Å². The third-order valence-electron chi connectivity index (χ3n) is 20.7. The van der Waals surface area contributed by atoms with E-state index in [9.17, 15) is 38.7 Å². The monoisotopic (exact) mass is 1880 g/mol. The van der Waals surface area contributed by atoms with Crippen LogP contribution in [0, 0.1) is 0 Å². The van der Waals surface area contributed by atoms with Gasteiger partial charge >= 0.3 is 0 Å². The fourth-order valence-electron chi connectivity index (χ4n) is 15.2. The van der Waals surface area contributed by atoms with Crippen LogP contribution in [0.1, 0.15) is 242 Å². The highest BCUT2D eigenvalue weighted by molar-refractivity contribution is 6.72. The van der Waals surface area contributed by atoms with Crippen LogP contribution in [0.2, 0.25) is 118 Å². The predicted octanol–water partition coefficient (Wildman–Crippen LogP) is 29.6. The minimum Gasteiger partial charge on any atom is -0.405 e. The SMILES string of the molecule is C=CCCC(C)(O)C(=O)c1ccccc1.C=CCCC(C)(O[Si](C)(C)C)C(=O)c1ccccc1.C=CCCC(C)(O[Si](C)(C)C)C(=O)c1ccccc1C(=O)C(C)(CCC=C)O[Si](C)(C)C.C=CCCC(C)(O[Si](C)(C)C)C(=O)c1ccccc1CC=C.C=CCCC(CCCC)(O[Si](C)(C)C)C(=O)c1ccccc1.C=CCc1ccccc1C(=O)C(C)(CC)O[Si](C)(C)C. The van der Waals surface area contributed by atoms with E-state index in [1.165, 1.54) is 0 Å². The summed E-state index contributed by atoms with van der Waals surface area (Å²) < 4.78 is 38.0. The summed E-state index contributed by atoms with van der Waals surface area (Å²) in [7, 11) is -11.4. The molecule has 0 saturated carbocycles. The average molecular weight is 1880 g/mol. The molecule has 7 unspecified atom stereocenters. The van der Waals surface area contributed by atoms with Gasteiger partial charge in [-0.25, -0.2) is 0 Å². The molecule has 6 rings (SSSR count). The number of unbranched alkanes of at least 4 members (excludes halogenated alkanes) is 1. The van der Waals surface area contributed by atoms with Crippen LogP contribution in [0.25, 0.3) is 0 Å². The number of hydrogen-bond donors (Lipinski definition) is 1. The zero-order chi connectivity index (χ0) is 99.5. The maximum Gasteiger partial charge on any atom is 0.194 e. The summed E-state index contributed by atoms with van der Waals surface area (Å²) in [5.74, 6) is -0.211. The molecule has 0 saturated heterocycles. The Hall–Kier alpha value is -8.05. The minimum absolute atomic E-state index is 0.0641. The summed E-state index contributed by atoms with van der Waals surface area (Å²) in [6, 6.07) is 50.3. The van der Waals surface area contributed by atoms with Crippen molar-refractivity contribution in [2.75, 3.05) is 0 Å². The maximum absolute atomic E-state index is 13.9. The lowest BCUT2D eigenvalue weighted by Gasteiger charge is -2.38. The largest absolute Gasteiger partial charge is 0.405 e. The van der Waals surface area contributed by atoms with Gasteiger partial charge in [-0.2, -0.15) is 0 Å². The van der Waals surface area contributed by atoms with Gasteiger partial charge in [0, 0.05) is 38.9 Å². The molecule has 0 radical (unpaired) electrons. The van der Waals surface area contributed by atoms with Crippen LogP contribution in [0.4, 0.5) is 0 Å². The Morgan fingerprint density at radius 3 is 0.800 bits per heavy atom. The molecule has 130 heavy (non-hydrogen) atoms. The second-order valence-corrected chi connectivity index (χ2v) is 67.0. The van der Waals surface area contributed by atoms with Crippen LogP contribution in [0.15, 0.2) is 265 Å². The van der Waals surface area contributed by atoms with Crippen molar-refractivity contribution in [2.45, 2.75) is 328 Å². The Labute approximate surface area is 793 Å². The lowest BCUT2D eigenvalue weighted by Crippen LogP contribution is -2.49. The third kappa shape index (κ3) is 42.9. The van der Waals surface area contributed by atoms with Gasteiger partial charge in [-0.1, -0.05) is 239 Å². The molecular formula is C110H166O14Si6. The number of benzene rings is 6. The quantitative estimate of drug-likeness (QED) is 0.0215. The van der Waals surface area contributed by atoms with Gasteiger partial charge in [-0.15, -0.1) is 52.6 Å². The Morgan fingerprint density at radius 2 is 0.515 bits per heavy atom. The molecule has 7 atom stereocenters. The summed E-state index contributed by atoms with van der Waals surface area (Å²) in [4.78, 5) is 91.7. The second-order valence-electron chi connectivity index (χ2n) is 40.4. The van der Waals surface area contributed by atoms with E-state index in [-0.39, 0.29) is 40.5 Å². The van der Waals surface area contributed by atoms with Crippen molar-refractivity contribution in [3.8, 4) is 0 Å². The van der Waals surface area contributed by atoms with Crippen LogP contribution in [-0.4, -0.2) is 135 Å². The van der Waals surface area contributed by atoms with E-state index in [1.807, 2.05) is 187 Å². The topological polar surface area (TPSA) is 195 Å². The van der Waals surface area contributed by atoms with Gasteiger partial charge in [-0.3, -0.25) is 33.6 Å². The lowest BCUT2D eigenvalue weighted by atomic mass is 9.83. The fraction of sp³-hybridized carbons (Fsp3) is 0.464. The Bertz CT molecular complexity index is 4520. The number of carbonyl (C=O) groups is 7. The zero-order valence-electron chi connectivity index (χ0n) is 84.8. The predicted molar refractivity (Wildman–Crippen MR) is 565 cm³/mol. The van der Waals surface area contributed by atoms with E-state index < -0.39 is 89.1 Å². The van der Waals surface area contributed by atoms with E-state index in [2.05, 4.69) is 177 Å². The number of carbonyl (C=O) groups excluding carboxylic acids is 7. The van der Waals surface area contributed by atoms with E-state index in [0.29, 0.717) is 99.3 Å². The van der Waals surface area contributed by atoms with E-state index >= 15 is 0 Å². The summed E-state index contributed by atoms with van der Waals surface area (Å²) in [5.41, 5.74) is 0.0132. The normalized spacial score (nSPS) is 14.8. The molecule has 0 aromatic heterocycles. The van der Waals surface area contributed by atoms with Crippen molar-refractivity contribution in [1.29, 1.82) is 0 Å². The smallest absolute Gasteiger partial charge is 0.194 e. The molecule has 0 bridgehead atoms. The highest BCUT2D eigenvalue weighted by Gasteiger charge is 2.47. The lowest BCUT2D eigenvalue weighted by molar-refractivity contribution is 0.0321. The van der Waals surface area contributed by atoms with Crippen molar-refractivity contribution in [3.63, 3.8) is 0 Å². The highest BCUT2D eigenvalue weighted by Crippen LogP contribution is 2.38. The molecule has 0 heterocycles. The van der Waals surface area contributed by atoms with Crippen molar-refractivity contribution in [1.82, 2.24) is 0 Å². The molecule has 0 amide bonds. The maximum atomic E-state index is 13.9. The molecule has 714 valence electrons. The minimum atomic E-state index is -2.04. The van der Waals surface area contributed by atoms with Crippen molar-refractivity contribution in [2.24, 2.45) is 0 Å². The van der Waals surface area contributed by atoms with Crippen LogP contribution in [0.3, 0.4) is 0 Å². The summed E-state index contributed by atoms with van der Waals surface area (Å²) in [6.45, 7) is 83.0. The Morgan fingerprint density at radius 1 is 0.277 bits per heavy atom. The van der Waals surface area contributed by atoms with Crippen molar-refractivity contribution in [3.05, 3.63) is 315 Å². The van der Waals surface area contributed by atoms with E-state index in [1.54, 1.807) is 73.7 Å². The fourth-order valence-corrected chi connectivity index (χ4v) is 24.5. The molecule has 6 aromatic carbocycles. The first-order valence-electron chi connectivity index (χ1n) is 46.3. The van der Waals surface area contributed by atoms with Gasteiger partial charge in [0.15, 0.2) is 90.4 Å². The molecule has 6 aromatic rings. The number of Topliss-reactive ketones (excluding diaryl/α,β-unsaturated/α-hetero) is 7. The molecular weight excluding hydrogens is 1710 g/mol. The molecule has 0 aliphatic heterocycles. The standard InChI is InChI=1S/C26H42O4Si2.C19H28O2Si.C19H30O2Si.C17H26O2Si.C16H24O2Si.C13H16O2/c1-11-13-19-25(3,29-31(5,6)7)23(27)21-17-15-16-18-22(21)24(28)26(4,20-14-12-2)30-32(8,9)10;1-7-9-15-19(3,21-22(4,5)6)18(20)17-14-11-10-13-16(17)12-8-2;1-6-8-15-19(16-9-7-2,21-22(3,4)5)18(20)17-13-11-10-12-14-17;1-7-11-14-12-9-10-13-15(14)16(18)17(3,8-2)19-20(4,5)6;1-6-7-13-16(2,18-19(3,4)5)15(17)14-11-9-8-10-12-14;1-3-4-10-13(2,15)12(14)11-8-6-5-7-9-11/h11-12,15-18H,1-2,13-14,19-20H2,3-10H3;7-8,10-11,13-14H,1-2,9,12,15H2,3-6H3;6,10-14H,1,7-9,15-16H2,2-5H3;7,9-10,12-13H,1,8,11H2,2-6H3;6,8-12H,1,7,13H2,2-5H3;3,5-9,15H,1,4,10H2,2H3. The van der Waals surface area contributed by atoms with Crippen LogP contribution < -0.4 is 0 Å². The second kappa shape index (κ2) is 55.6. The molecule has 0 aliphatic rings. The summed E-state index contributed by atoms with van der Waals surface area (Å²) in [5, 5.41) is 9.97. The van der Waals surface area contributed by atoms with E-state index in [0.717, 1.165) is 66.3 Å². The Balaban J connectivity index is 0.000000791. The average Bonchev–Trinajstić information content (AvgIpc) is 0.766. The molecule has 0 aliphatic carbocycles. The number of rotatable bonds is 52. The molecule has 1 N–H and O–H groups in total. The molecule has 0 spiro atoms. The van der Waals surface area contributed by atoms with Crippen LogP contribution in [0.5, 0.6) is 0 Å². The number of ketones is 7. The zero-order valence-corrected chi connectivity index (χ0v) is 90.8. The third-order valence-corrected chi connectivity index (χ3v) is 27.1. The van der Waals surface area contributed by atoms with Gasteiger partial charge in [0.25, 0.3) is 0 Å². The van der Waals surface area contributed by atoms with Gasteiger partial charge in [0.2, 0.25) is 0 Å². The van der Waals surface area contributed by atoms with Gasteiger partial charge in [-0.05, 0) is 273 Å². The first-order valence-corrected chi connectivity index (χ1v) is 66.7. The Kier molecular flexibility index (Phi) is 51.3. The van der Waals surface area contributed by atoms with E-state index in [4.69, 9.17) is 26.6 Å². The number of aliphatic hydroxyl groups is 1. The highest BCUT2D eigenvalue weighted by atomic mass is 28.4. The van der Waals surface area contributed by atoms with Crippen molar-refractivity contribution >= 4 is 90.4 Å². The van der Waals surface area contributed by atoms with Gasteiger partial charge in [0.1, 0.15) is 39.2 Å². The van der Waals surface area contributed by atoms with Gasteiger partial charge in [0.05, 0.1) is 0 Å². The first kappa shape index (κ1) is 120. The summed E-state index contributed by atoms with van der Waals surface area (Å²) >= 11 is 0. The first-order chi connectivity index (χ1) is 60.3. The number of allylic oxidation sites excluding steroid dienone is 8. The molecule has 14 nitrogen and oxygen atoms in total. The molecule has 0 fully saturated rings. The number of hydrogen-bond acceptors (Lipinski definition) is 14.